The predicted molar refractivity (Wildman–Crippen MR) is 80.6 cm³/mol. The predicted octanol–water partition coefficient (Wildman–Crippen LogP) is 0.471. The van der Waals surface area contributed by atoms with E-state index in [9.17, 15) is 9.59 Å². The molecule has 3 aliphatic heterocycles. The van der Waals surface area contributed by atoms with Gasteiger partial charge in [0.2, 0.25) is 5.91 Å². The first-order valence-corrected chi connectivity index (χ1v) is 8.24. The maximum Gasteiger partial charge on any atom is 0.255 e. The summed E-state index contributed by atoms with van der Waals surface area (Å²) in [5.74, 6) is 0.136. The van der Waals surface area contributed by atoms with E-state index in [2.05, 4.69) is 10.2 Å². The van der Waals surface area contributed by atoms with Gasteiger partial charge in [0.05, 0.1) is 36.1 Å². The third-order valence-corrected chi connectivity index (χ3v) is 5.10. The van der Waals surface area contributed by atoms with Crippen LogP contribution < -0.4 is 0 Å². The molecule has 1 aromatic rings. The molecule has 1 aromatic heterocycles. The van der Waals surface area contributed by atoms with Gasteiger partial charge in [0.25, 0.3) is 5.91 Å². The zero-order chi connectivity index (χ0) is 15.8. The van der Waals surface area contributed by atoms with E-state index in [1.807, 2.05) is 9.80 Å². The van der Waals surface area contributed by atoms with Crippen molar-refractivity contribution in [3.05, 3.63) is 24.0 Å². The number of likely N-dealkylation sites (tertiary alicyclic amines) is 2. The zero-order valence-electron chi connectivity index (χ0n) is 12.9. The van der Waals surface area contributed by atoms with E-state index < -0.39 is 0 Å². The Hall–Kier alpha value is -2.02. The first-order chi connectivity index (χ1) is 11.3. The minimum absolute atomic E-state index is 0.0194. The van der Waals surface area contributed by atoms with E-state index >= 15 is 0 Å². The second-order valence-electron chi connectivity index (χ2n) is 6.39. The molecule has 2 amide bonds. The summed E-state index contributed by atoms with van der Waals surface area (Å²) in [6.07, 6.45) is 6.33. The Kier molecular flexibility index (Phi) is 3.72. The molecule has 3 atom stereocenters. The molecule has 7 heteroatoms. The average molecular weight is 316 g/mol. The first kappa shape index (κ1) is 14.6. The fourth-order valence-corrected chi connectivity index (χ4v) is 4.04. The van der Waals surface area contributed by atoms with Gasteiger partial charge >= 0.3 is 0 Å². The minimum atomic E-state index is -0.0652. The largest absolute Gasteiger partial charge is 0.374 e. The van der Waals surface area contributed by atoms with Crippen molar-refractivity contribution >= 4 is 11.8 Å². The van der Waals surface area contributed by atoms with Crippen molar-refractivity contribution in [3.63, 3.8) is 0 Å². The van der Waals surface area contributed by atoms with Crippen LogP contribution in [0.4, 0.5) is 0 Å². The molecule has 3 fully saturated rings. The number of hydrogen-bond acceptors (Lipinski definition) is 5. The summed E-state index contributed by atoms with van der Waals surface area (Å²) in [6, 6.07) is 1.71. The van der Waals surface area contributed by atoms with Crippen molar-refractivity contribution in [2.24, 2.45) is 0 Å². The highest BCUT2D eigenvalue weighted by molar-refractivity contribution is 5.94. The summed E-state index contributed by atoms with van der Waals surface area (Å²) in [6.45, 7) is 2.02. The number of hydrogen-bond donors (Lipinski definition) is 0. The highest BCUT2D eigenvalue weighted by atomic mass is 16.5. The Balaban J connectivity index is 1.60. The molecule has 4 rings (SSSR count). The summed E-state index contributed by atoms with van der Waals surface area (Å²) in [5, 5.41) is 7.52. The molecule has 0 spiro atoms. The maximum absolute atomic E-state index is 12.8. The highest BCUT2D eigenvalue weighted by Gasteiger charge is 2.49. The maximum atomic E-state index is 12.8. The number of ether oxygens (including phenoxy) is 1. The lowest BCUT2D eigenvalue weighted by molar-refractivity contribution is -0.132. The molecule has 0 radical (unpaired) electrons. The molecule has 3 aliphatic rings. The van der Waals surface area contributed by atoms with Gasteiger partial charge in [0.15, 0.2) is 0 Å². The molecule has 3 saturated heterocycles. The molecule has 0 aliphatic carbocycles. The number of amides is 2. The van der Waals surface area contributed by atoms with Gasteiger partial charge in [-0.05, 0) is 25.3 Å². The summed E-state index contributed by atoms with van der Waals surface area (Å²) in [7, 11) is 0. The van der Waals surface area contributed by atoms with Crippen molar-refractivity contribution in [3.8, 4) is 0 Å². The minimum Gasteiger partial charge on any atom is -0.374 e. The van der Waals surface area contributed by atoms with E-state index in [1.54, 1.807) is 6.07 Å². The van der Waals surface area contributed by atoms with Gasteiger partial charge in [-0.3, -0.25) is 9.59 Å². The topological polar surface area (TPSA) is 75.6 Å². The molecule has 0 saturated carbocycles. The van der Waals surface area contributed by atoms with Crippen LogP contribution in [0.15, 0.2) is 18.5 Å². The molecular formula is C16H20N4O3. The smallest absolute Gasteiger partial charge is 0.255 e. The lowest BCUT2D eigenvalue weighted by Gasteiger charge is -2.34. The van der Waals surface area contributed by atoms with Gasteiger partial charge in [0.1, 0.15) is 0 Å². The number of aromatic nitrogens is 2. The van der Waals surface area contributed by atoms with Crippen LogP contribution in [0.1, 0.15) is 36.0 Å². The molecule has 0 aromatic carbocycles. The van der Waals surface area contributed by atoms with Crippen molar-refractivity contribution in [2.75, 3.05) is 19.7 Å². The Bertz CT molecular complexity index is 609. The fraction of sp³-hybridized carbons (Fsp3) is 0.625. The van der Waals surface area contributed by atoms with E-state index in [-0.39, 0.29) is 30.0 Å². The molecule has 4 heterocycles. The SMILES string of the molecule is O=C1CCCN1[C@@H]1CN(C(=O)c2ccnnc2)[C@@H]2CCCO[C@H]12. The molecule has 122 valence electrons. The molecule has 0 bridgehead atoms. The van der Waals surface area contributed by atoms with Crippen LogP contribution in [-0.2, 0) is 9.53 Å². The van der Waals surface area contributed by atoms with E-state index in [4.69, 9.17) is 4.74 Å². The molecule has 0 N–H and O–H groups in total. The standard InChI is InChI=1S/C16H20N4O3/c21-14-4-1-7-19(14)13-10-20(12-3-2-8-23-15(12)13)16(22)11-5-6-17-18-9-11/h5-6,9,12-13,15H,1-4,7-8,10H2/t12-,13-,15+/m1/s1. The Morgan fingerprint density at radius 3 is 2.91 bits per heavy atom. The van der Waals surface area contributed by atoms with Crippen LogP contribution >= 0.6 is 0 Å². The Morgan fingerprint density at radius 2 is 2.17 bits per heavy atom. The highest BCUT2D eigenvalue weighted by Crippen LogP contribution is 2.34. The van der Waals surface area contributed by atoms with Crippen molar-refractivity contribution in [2.45, 2.75) is 43.9 Å². The average Bonchev–Trinajstić information content (AvgIpc) is 3.18. The second kappa shape index (κ2) is 5.88. The van der Waals surface area contributed by atoms with Crippen molar-refractivity contribution < 1.29 is 14.3 Å². The zero-order valence-corrected chi connectivity index (χ0v) is 12.9. The van der Waals surface area contributed by atoms with Crippen molar-refractivity contribution in [1.82, 2.24) is 20.0 Å². The number of carbonyl (C=O) groups excluding carboxylic acids is 2. The molecule has 23 heavy (non-hydrogen) atoms. The Morgan fingerprint density at radius 1 is 1.26 bits per heavy atom. The van der Waals surface area contributed by atoms with Crippen LogP contribution in [0.5, 0.6) is 0 Å². The van der Waals surface area contributed by atoms with Gasteiger partial charge in [-0.15, -0.1) is 0 Å². The number of carbonyl (C=O) groups is 2. The van der Waals surface area contributed by atoms with Crippen LogP contribution in [0.25, 0.3) is 0 Å². The summed E-state index contributed by atoms with van der Waals surface area (Å²) in [4.78, 5) is 28.8. The fourth-order valence-electron chi connectivity index (χ4n) is 4.04. The summed E-state index contributed by atoms with van der Waals surface area (Å²) in [5.41, 5.74) is 0.540. The normalized spacial score (nSPS) is 30.6. The van der Waals surface area contributed by atoms with Gasteiger partial charge in [-0.1, -0.05) is 0 Å². The van der Waals surface area contributed by atoms with Crippen LogP contribution in [0, 0.1) is 0 Å². The Labute approximate surface area is 134 Å². The molecule has 7 nitrogen and oxygen atoms in total. The third-order valence-electron chi connectivity index (χ3n) is 5.10. The van der Waals surface area contributed by atoms with Crippen LogP contribution in [0.2, 0.25) is 0 Å². The monoisotopic (exact) mass is 316 g/mol. The van der Waals surface area contributed by atoms with Crippen LogP contribution in [-0.4, -0.2) is 69.7 Å². The van der Waals surface area contributed by atoms with E-state index in [0.29, 0.717) is 25.1 Å². The second-order valence-corrected chi connectivity index (χ2v) is 6.39. The molecule has 0 unspecified atom stereocenters. The number of rotatable bonds is 2. The first-order valence-electron chi connectivity index (χ1n) is 8.24. The molecular weight excluding hydrogens is 296 g/mol. The lowest BCUT2D eigenvalue weighted by Crippen LogP contribution is -2.48. The quantitative estimate of drug-likeness (QED) is 0.793. The van der Waals surface area contributed by atoms with E-state index in [0.717, 1.165) is 25.8 Å². The summed E-state index contributed by atoms with van der Waals surface area (Å²) < 4.78 is 5.98. The van der Waals surface area contributed by atoms with Gasteiger partial charge < -0.3 is 14.5 Å². The van der Waals surface area contributed by atoms with E-state index in [1.165, 1.54) is 12.4 Å². The van der Waals surface area contributed by atoms with Crippen LogP contribution in [0.3, 0.4) is 0 Å². The number of fused-ring (bicyclic) bond motifs is 1. The number of nitrogens with zero attached hydrogens (tertiary/aromatic N) is 4. The van der Waals surface area contributed by atoms with Gasteiger partial charge in [-0.2, -0.15) is 10.2 Å². The van der Waals surface area contributed by atoms with Crippen molar-refractivity contribution in [1.29, 1.82) is 0 Å². The van der Waals surface area contributed by atoms with Gasteiger partial charge in [-0.25, -0.2) is 0 Å². The summed E-state index contributed by atoms with van der Waals surface area (Å²) >= 11 is 0. The lowest BCUT2D eigenvalue weighted by atomic mass is 10.00. The van der Waals surface area contributed by atoms with Gasteiger partial charge in [0, 0.05) is 26.1 Å². The third kappa shape index (κ3) is 2.49.